The van der Waals surface area contributed by atoms with Gasteiger partial charge in [-0.05, 0) is 43.7 Å². The first-order valence-electron chi connectivity index (χ1n) is 11.7. The summed E-state index contributed by atoms with van der Waals surface area (Å²) in [6, 6.07) is 16.2. The number of fused-ring (bicyclic) bond motifs is 2. The first-order chi connectivity index (χ1) is 15.5. The molecular formula is C26H29N3O3. The van der Waals surface area contributed by atoms with E-state index < -0.39 is 11.0 Å². The van der Waals surface area contributed by atoms with Crippen molar-refractivity contribution < 1.29 is 14.3 Å². The van der Waals surface area contributed by atoms with Crippen LogP contribution < -0.4 is 4.90 Å². The molecule has 3 heterocycles. The van der Waals surface area contributed by atoms with E-state index in [0.29, 0.717) is 25.1 Å². The van der Waals surface area contributed by atoms with Gasteiger partial charge >= 0.3 is 5.97 Å². The molecule has 6 heteroatoms. The summed E-state index contributed by atoms with van der Waals surface area (Å²) in [7, 11) is 2.16. The number of rotatable bonds is 3. The number of benzene rings is 2. The van der Waals surface area contributed by atoms with Gasteiger partial charge in [0.1, 0.15) is 0 Å². The van der Waals surface area contributed by atoms with Crippen molar-refractivity contribution in [1.29, 1.82) is 0 Å². The molecule has 2 aromatic rings. The third-order valence-electron chi connectivity index (χ3n) is 7.89. The number of hydrogen-bond donors (Lipinski definition) is 0. The Labute approximate surface area is 188 Å². The fraction of sp³-hybridized carbons (Fsp3) is 0.462. The molecule has 3 aliphatic heterocycles. The third kappa shape index (κ3) is 2.96. The predicted molar refractivity (Wildman–Crippen MR) is 122 cm³/mol. The van der Waals surface area contributed by atoms with Gasteiger partial charge in [-0.2, -0.15) is 0 Å². The van der Waals surface area contributed by atoms with Gasteiger partial charge in [-0.25, -0.2) is 4.79 Å². The summed E-state index contributed by atoms with van der Waals surface area (Å²) in [6.45, 7) is 5.31. The molecule has 1 aliphatic carbocycles. The van der Waals surface area contributed by atoms with E-state index in [1.807, 2.05) is 29.2 Å². The number of likely N-dealkylation sites (N-methyl/N-ethyl adjacent to an activating group) is 1. The molecule has 6 nitrogen and oxygen atoms in total. The topological polar surface area (TPSA) is 53.1 Å². The Balaban J connectivity index is 1.20. The van der Waals surface area contributed by atoms with Crippen LogP contribution in [0.4, 0.5) is 5.69 Å². The Morgan fingerprint density at radius 3 is 2.34 bits per heavy atom. The largest absolute Gasteiger partial charge is 0.449 e. The van der Waals surface area contributed by atoms with Crippen LogP contribution in [-0.4, -0.2) is 68.0 Å². The molecule has 32 heavy (non-hydrogen) atoms. The van der Waals surface area contributed by atoms with Crippen LogP contribution in [0.25, 0.3) is 0 Å². The molecule has 0 unspecified atom stereocenters. The van der Waals surface area contributed by atoms with Crippen LogP contribution in [0.15, 0.2) is 48.5 Å². The molecule has 0 bridgehead atoms. The lowest BCUT2D eigenvalue weighted by Crippen LogP contribution is -2.44. The fourth-order valence-corrected chi connectivity index (χ4v) is 5.71. The Hall–Kier alpha value is -2.86. The average Bonchev–Trinajstić information content (AvgIpc) is 3.46. The number of amides is 1. The van der Waals surface area contributed by atoms with Crippen molar-refractivity contribution in [2.45, 2.75) is 30.3 Å². The lowest BCUT2D eigenvalue weighted by Gasteiger charge is -2.34. The van der Waals surface area contributed by atoms with Gasteiger partial charge in [0.2, 0.25) is 5.91 Å². The van der Waals surface area contributed by atoms with E-state index in [0.717, 1.165) is 50.1 Å². The van der Waals surface area contributed by atoms with E-state index in [1.54, 1.807) is 0 Å². The fourth-order valence-electron chi connectivity index (χ4n) is 5.71. The van der Waals surface area contributed by atoms with Gasteiger partial charge in [-0.3, -0.25) is 4.79 Å². The van der Waals surface area contributed by atoms with Crippen molar-refractivity contribution in [3.63, 3.8) is 0 Å². The molecule has 0 N–H and O–H groups in total. The first-order valence-corrected chi connectivity index (χ1v) is 11.7. The molecule has 0 radical (unpaired) electrons. The number of esters is 1. The molecule has 1 amide bonds. The van der Waals surface area contributed by atoms with Gasteiger partial charge in [-0.15, -0.1) is 0 Å². The lowest BCUT2D eigenvalue weighted by atomic mass is 9.91. The van der Waals surface area contributed by atoms with Gasteiger partial charge in [0.25, 0.3) is 0 Å². The summed E-state index contributed by atoms with van der Waals surface area (Å²) in [6.07, 6.45) is 2.44. The molecule has 2 aromatic carbocycles. The molecule has 4 aliphatic rings. The SMILES string of the molecule is CN1CCN(c2ccc(C3(C(=O)N4CC[C@@]5(C4)OC(=O)c4ccccc45)CC3)cc2)CC1. The molecule has 1 spiro atoms. The highest BCUT2D eigenvalue weighted by Crippen LogP contribution is 2.52. The Kier molecular flexibility index (Phi) is 4.37. The highest BCUT2D eigenvalue weighted by molar-refractivity contribution is 5.96. The molecule has 6 rings (SSSR count). The van der Waals surface area contributed by atoms with E-state index >= 15 is 0 Å². The number of nitrogens with zero attached hydrogens (tertiary/aromatic N) is 3. The summed E-state index contributed by atoms with van der Waals surface area (Å²) in [4.78, 5) is 32.7. The van der Waals surface area contributed by atoms with Gasteiger partial charge < -0.3 is 19.4 Å². The van der Waals surface area contributed by atoms with Crippen LogP contribution in [0.5, 0.6) is 0 Å². The van der Waals surface area contributed by atoms with Crippen LogP contribution in [0.2, 0.25) is 0 Å². The van der Waals surface area contributed by atoms with Crippen LogP contribution in [0.3, 0.4) is 0 Å². The summed E-state index contributed by atoms with van der Waals surface area (Å²) < 4.78 is 5.85. The minimum atomic E-state index is -0.676. The number of hydrogen-bond acceptors (Lipinski definition) is 5. The maximum absolute atomic E-state index is 13.7. The average molecular weight is 432 g/mol. The normalized spacial score (nSPS) is 26.3. The molecule has 1 saturated carbocycles. The first kappa shape index (κ1) is 19.8. The summed E-state index contributed by atoms with van der Waals surface area (Å²) in [5.41, 5.74) is 2.84. The molecular weight excluding hydrogens is 402 g/mol. The number of likely N-dealkylation sites (tertiary alicyclic amines) is 1. The zero-order valence-electron chi connectivity index (χ0n) is 18.5. The molecule has 1 atom stereocenters. The van der Waals surface area contributed by atoms with E-state index in [-0.39, 0.29) is 11.9 Å². The Morgan fingerprint density at radius 1 is 0.906 bits per heavy atom. The van der Waals surface area contributed by atoms with E-state index in [1.165, 1.54) is 5.69 Å². The van der Waals surface area contributed by atoms with Gasteiger partial charge in [0.05, 0.1) is 17.5 Å². The number of anilines is 1. The minimum Gasteiger partial charge on any atom is -0.449 e. The maximum atomic E-state index is 13.7. The van der Waals surface area contributed by atoms with Crippen LogP contribution in [0, 0.1) is 0 Å². The van der Waals surface area contributed by atoms with E-state index in [9.17, 15) is 9.59 Å². The van der Waals surface area contributed by atoms with Crippen molar-refractivity contribution in [3.8, 4) is 0 Å². The quantitative estimate of drug-likeness (QED) is 0.700. The number of carbonyl (C=O) groups excluding carboxylic acids is 2. The van der Waals surface area contributed by atoms with Crippen molar-refractivity contribution in [3.05, 3.63) is 65.2 Å². The van der Waals surface area contributed by atoms with Crippen LogP contribution >= 0.6 is 0 Å². The second kappa shape index (κ2) is 7.07. The predicted octanol–water partition coefficient (Wildman–Crippen LogP) is 2.77. The maximum Gasteiger partial charge on any atom is 0.339 e. The number of carbonyl (C=O) groups is 2. The van der Waals surface area contributed by atoms with Gasteiger partial charge in [-0.1, -0.05) is 30.3 Å². The summed E-state index contributed by atoms with van der Waals surface area (Å²) in [5, 5.41) is 0. The van der Waals surface area contributed by atoms with E-state index in [4.69, 9.17) is 4.74 Å². The highest BCUT2D eigenvalue weighted by atomic mass is 16.6. The molecule has 2 saturated heterocycles. The summed E-state index contributed by atoms with van der Waals surface area (Å²) >= 11 is 0. The smallest absolute Gasteiger partial charge is 0.339 e. The van der Waals surface area contributed by atoms with Gasteiger partial charge in [0.15, 0.2) is 5.60 Å². The number of piperazine rings is 1. The number of ether oxygens (including phenoxy) is 1. The molecule has 0 aromatic heterocycles. The van der Waals surface area contributed by atoms with Gasteiger partial charge in [0, 0.05) is 50.4 Å². The third-order valence-corrected chi connectivity index (χ3v) is 7.89. The Bertz CT molecular complexity index is 1070. The van der Waals surface area contributed by atoms with Crippen molar-refractivity contribution in [1.82, 2.24) is 9.80 Å². The second-order valence-electron chi connectivity index (χ2n) is 9.83. The minimum absolute atomic E-state index is 0.183. The lowest BCUT2D eigenvalue weighted by molar-refractivity contribution is -0.134. The van der Waals surface area contributed by atoms with Crippen molar-refractivity contribution in [2.75, 3.05) is 51.2 Å². The zero-order valence-corrected chi connectivity index (χ0v) is 18.5. The van der Waals surface area contributed by atoms with Crippen molar-refractivity contribution in [2.24, 2.45) is 0 Å². The van der Waals surface area contributed by atoms with Crippen LogP contribution in [0.1, 0.15) is 40.7 Å². The highest BCUT2D eigenvalue weighted by Gasteiger charge is 2.57. The Morgan fingerprint density at radius 2 is 1.62 bits per heavy atom. The van der Waals surface area contributed by atoms with E-state index in [2.05, 4.69) is 41.1 Å². The van der Waals surface area contributed by atoms with Crippen LogP contribution in [-0.2, 0) is 20.5 Å². The molecule has 3 fully saturated rings. The zero-order chi connectivity index (χ0) is 21.9. The molecule has 166 valence electrons. The second-order valence-corrected chi connectivity index (χ2v) is 9.83. The standard InChI is InChI=1S/C26H29N3O3/c1-27-14-16-28(17-15-27)20-8-6-19(7-9-20)25(10-11-25)24(31)29-13-12-26(18-29)22-5-3-2-4-21(22)23(30)32-26/h2-9H,10-18H2,1H3/t26-/m0/s1. The van der Waals surface area contributed by atoms with Crippen molar-refractivity contribution >= 4 is 17.6 Å². The monoisotopic (exact) mass is 431 g/mol. The summed E-state index contributed by atoms with van der Waals surface area (Å²) in [5.74, 6) is -0.0855.